The maximum absolute atomic E-state index is 12.0. The van der Waals surface area contributed by atoms with Gasteiger partial charge in [-0.3, -0.25) is 4.79 Å². The van der Waals surface area contributed by atoms with E-state index in [1.807, 2.05) is 18.2 Å². The number of benzene rings is 1. The van der Waals surface area contributed by atoms with E-state index in [1.54, 1.807) is 0 Å². The Morgan fingerprint density at radius 3 is 2.55 bits per heavy atom. The number of carbonyl (C=O) groups is 2. The Balaban J connectivity index is 1.59. The number of hydrogen-bond acceptors (Lipinski definition) is 3. The number of amides is 1. The van der Waals surface area contributed by atoms with Gasteiger partial charge in [-0.15, -0.1) is 0 Å². The van der Waals surface area contributed by atoms with E-state index in [0.717, 1.165) is 19.1 Å². The fourth-order valence-corrected chi connectivity index (χ4v) is 3.03. The molecule has 1 fully saturated rings. The monoisotopic (exact) mass is 299 g/mol. The Morgan fingerprint density at radius 2 is 1.95 bits per heavy atom. The first-order valence-corrected chi connectivity index (χ1v) is 7.16. The number of aromatic carboxylic acids is 1. The summed E-state index contributed by atoms with van der Waals surface area (Å²) in [4.78, 5) is 22.8. The summed E-state index contributed by atoms with van der Waals surface area (Å²) in [7, 11) is 0. The first-order chi connectivity index (χ1) is 10.5. The number of carbonyl (C=O) groups excluding carboxylic acids is 1. The number of carboxylic acids is 1. The summed E-state index contributed by atoms with van der Waals surface area (Å²) in [5, 5.41) is 11.7. The fraction of sp³-hybridized carbons (Fsp3) is 0.294. The average Bonchev–Trinajstić information content (AvgIpc) is 2.96. The van der Waals surface area contributed by atoms with Gasteiger partial charge in [0.1, 0.15) is 6.26 Å². The van der Waals surface area contributed by atoms with E-state index in [-0.39, 0.29) is 28.7 Å². The van der Waals surface area contributed by atoms with Crippen LogP contribution in [0.2, 0.25) is 0 Å². The summed E-state index contributed by atoms with van der Waals surface area (Å²) in [5.41, 5.74) is 1.33. The van der Waals surface area contributed by atoms with Crippen LogP contribution in [0.15, 0.2) is 47.1 Å². The topological polar surface area (TPSA) is 79.5 Å². The maximum Gasteiger partial charge on any atom is 0.338 e. The van der Waals surface area contributed by atoms with Gasteiger partial charge >= 0.3 is 5.97 Å². The van der Waals surface area contributed by atoms with Crippen molar-refractivity contribution < 1.29 is 19.1 Å². The number of nitrogens with one attached hydrogen (secondary N) is 1. The molecule has 1 heterocycles. The molecule has 5 nitrogen and oxygen atoms in total. The summed E-state index contributed by atoms with van der Waals surface area (Å²) in [6.45, 7) is 2.18. The molecule has 22 heavy (non-hydrogen) atoms. The van der Waals surface area contributed by atoms with Crippen LogP contribution in [0, 0.1) is 0 Å². The molecule has 0 radical (unpaired) electrons. The molecule has 0 unspecified atom stereocenters. The predicted octanol–water partition coefficient (Wildman–Crippen LogP) is 2.83. The molecule has 1 aromatic heterocycles. The lowest BCUT2D eigenvalue weighted by Crippen LogP contribution is -2.51. The van der Waals surface area contributed by atoms with Gasteiger partial charge in [0, 0.05) is 12.1 Å². The highest BCUT2D eigenvalue weighted by molar-refractivity contribution is 5.95. The molecule has 3 rings (SSSR count). The normalized spacial score (nSPS) is 23.6. The molecule has 0 atom stereocenters. The van der Waals surface area contributed by atoms with Crippen LogP contribution in [-0.4, -0.2) is 23.0 Å². The molecule has 0 saturated heterocycles. The second-order valence-electron chi connectivity index (χ2n) is 6.01. The molecular weight excluding hydrogens is 282 g/mol. The number of hydrogen-bond donors (Lipinski definition) is 2. The molecule has 1 aliphatic rings. The number of carboxylic acid groups (broad SMARTS) is 1. The van der Waals surface area contributed by atoms with E-state index in [9.17, 15) is 9.59 Å². The van der Waals surface area contributed by atoms with Crippen molar-refractivity contribution >= 4 is 11.9 Å². The van der Waals surface area contributed by atoms with Crippen molar-refractivity contribution in [3.8, 4) is 0 Å². The Hall–Kier alpha value is -2.56. The van der Waals surface area contributed by atoms with Crippen molar-refractivity contribution in [2.45, 2.75) is 31.2 Å². The van der Waals surface area contributed by atoms with E-state index in [0.29, 0.717) is 0 Å². The van der Waals surface area contributed by atoms with Gasteiger partial charge in [-0.2, -0.15) is 0 Å². The fourth-order valence-electron chi connectivity index (χ4n) is 3.03. The van der Waals surface area contributed by atoms with Gasteiger partial charge in [-0.25, -0.2) is 4.79 Å². The van der Waals surface area contributed by atoms with Crippen molar-refractivity contribution in [3.05, 3.63) is 59.5 Å². The minimum Gasteiger partial charge on any atom is -0.478 e. The zero-order valence-corrected chi connectivity index (χ0v) is 12.2. The van der Waals surface area contributed by atoms with Gasteiger partial charge in [0.25, 0.3) is 5.91 Å². The summed E-state index contributed by atoms with van der Waals surface area (Å²) >= 11 is 0. The molecule has 1 aliphatic carbocycles. The summed E-state index contributed by atoms with van der Waals surface area (Å²) in [6.07, 6.45) is 2.79. The molecule has 2 aromatic rings. The maximum atomic E-state index is 12.0. The van der Waals surface area contributed by atoms with Crippen LogP contribution in [0.4, 0.5) is 0 Å². The Labute approximate surface area is 127 Å². The van der Waals surface area contributed by atoms with E-state index in [4.69, 9.17) is 9.52 Å². The highest BCUT2D eigenvalue weighted by Gasteiger charge is 2.42. The number of rotatable bonds is 4. The molecule has 0 bridgehead atoms. The standard InChI is InChI=1S/C17H17NO4/c1-17(12-5-3-2-4-6-12)8-13(9-17)18-15(19)14-7-11(10-22-14)16(20)21/h2-7,10,13H,8-9H2,1H3,(H,18,19)(H,20,21). The SMILES string of the molecule is CC1(c2ccccc2)CC(NC(=O)c2cc(C(=O)O)co2)C1. The van der Waals surface area contributed by atoms with E-state index in [2.05, 4.69) is 24.4 Å². The number of furan rings is 1. The van der Waals surface area contributed by atoms with Crippen LogP contribution < -0.4 is 5.32 Å². The van der Waals surface area contributed by atoms with E-state index >= 15 is 0 Å². The van der Waals surface area contributed by atoms with E-state index in [1.165, 1.54) is 11.6 Å². The van der Waals surface area contributed by atoms with Gasteiger partial charge < -0.3 is 14.8 Å². The van der Waals surface area contributed by atoms with Gasteiger partial charge in [0.15, 0.2) is 5.76 Å². The first kappa shape index (κ1) is 14.4. The van der Waals surface area contributed by atoms with Crippen LogP contribution in [0.1, 0.15) is 46.2 Å². The van der Waals surface area contributed by atoms with Crippen molar-refractivity contribution in [2.75, 3.05) is 0 Å². The third-order valence-corrected chi connectivity index (χ3v) is 4.27. The minimum absolute atomic E-state index is 0.0205. The lowest BCUT2D eigenvalue weighted by atomic mass is 9.63. The lowest BCUT2D eigenvalue weighted by molar-refractivity contribution is 0.0695. The van der Waals surface area contributed by atoms with Crippen molar-refractivity contribution in [1.82, 2.24) is 5.32 Å². The molecule has 1 amide bonds. The quantitative estimate of drug-likeness (QED) is 0.909. The average molecular weight is 299 g/mol. The highest BCUT2D eigenvalue weighted by Crippen LogP contribution is 2.43. The van der Waals surface area contributed by atoms with Crippen molar-refractivity contribution in [3.63, 3.8) is 0 Å². The first-order valence-electron chi connectivity index (χ1n) is 7.16. The second kappa shape index (κ2) is 5.33. The zero-order chi connectivity index (χ0) is 15.7. The third-order valence-electron chi connectivity index (χ3n) is 4.27. The van der Waals surface area contributed by atoms with Crippen LogP contribution in [0.5, 0.6) is 0 Å². The van der Waals surface area contributed by atoms with Gasteiger partial charge in [-0.05, 0) is 23.8 Å². The summed E-state index contributed by atoms with van der Waals surface area (Å²) in [5.74, 6) is -1.44. The molecule has 0 spiro atoms. The largest absolute Gasteiger partial charge is 0.478 e. The molecule has 0 aliphatic heterocycles. The molecule has 114 valence electrons. The van der Waals surface area contributed by atoms with Crippen molar-refractivity contribution in [1.29, 1.82) is 0 Å². The van der Waals surface area contributed by atoms with Crippen molar-refractivity contribution in [2.24, 2.45) is 0 Å². The Bertz CT molecular complexity index is 698. The third kappa shape index (κ3) is 2.62. The lowest BCUT2D eigenvalue weighted by Gasteiger charge is -2.45. The molecule has 2 N–H and O–H groups in total. The summed E-state index contributed by atoms with van der Waals surface area (Å²) < 4.78 is 5.00. The smallest absolute Gasteiger partial charge is 0.338 e. The highest BCUT2D eigenvalue weighted by atomic mass is 16.4. The van der Waals surface area contributed by atoms with Gasteiger partial charge in [-0.1, -0.05) is 37.3 Å². The minimum atomic E-state index is -1.11. The van der Waals surface area contributed by atoms with E-state index < -0.39 is 5.97 Å². The predicted molar refractivity (Wildman–Crippen MR) is 79.9 cm³/mol. The zero-order valence-electron chi connectivity index (χ0n) is 12.2. The molecular formula is C17H17NO4. The van der Waals surface area contributed by atoms with Crippen LogP contribution in [-0.2, 0) is 5.41 Å². The van der Waals surface area contributed by atoms with Gasteiger partial charge in [0.05, 0.1) is 5.56 Å². The van der Waals surface area contributed by atoms with Crippen LogP contribution in [0.3, 0.4) is 0 Å². The molecule has 1 aromatic carbocycles. The van der Waals surface area contributed by atoms with Crippen LogP contribution >= 0.6 is 0 Å². The Kier molecular flexibility index (Phi) is 3.48. The molecule has 1 saturated carbocycles. The second-order valence-corrected chi connectivity index (χ2v) is 6.01. The van der Waals surface area contributed by atoms with Crippen LogP contribution in [0.25, 0.3) is 0 Å². The summed E-state index contributed by atoms with van der Waals surface area (Å²) in [6, 6.07) is 11.5. The Morgan fingerprint density at radius 1 is 1.27 bits per heavy atom. The van der Waals surface area contributed by atoms with Gasteiger partial charge in [0.2, 0.25) is 0 Å². The molecule has 5 heteroatoms.